The molecule has 0 saturated heterocycles. The first-order chi connectivity index (χ1) is 12.3. The molecule has 0 aliphatic rings. The lowest BCUT2D eigenvalue weighted by atomic mass is 10.2. The minimum Gasteiger partial charge on any atom is -0.352 e. The van der Waals surface area contributed by atoms with Crippen LogP contribution in [0.2, 0.25) is 0 Å². The Kier molecular flexibility index (Phi) is 6.79. The molecule has 2 rings (SSSR count). The third kappa shape index (κ3) is 5.32. The highest BCUT2D eigenvalue weighted by Gasteiger charge is 2.21. The maximum atomic E-state index is 13.2. The van der Waals surface area contributed by atoms with E-state index in [1.807, 2.05) is 13.0 Å². The van der Waals surface area contributed by atoms with Gasteiger partial charge >= 0.3 is 0 Å². The van der Waals surface area contributed by atoms with E-state index in [0.717, 1.165) is 17.7 Å². The van der Waals surface area contributed by atoms with Gasteiger partial charge in [0.25, 0.3) is 0 Å². The molecule has 0 saturated carbocycles. The number of carbonyl (C=O) groups excluding carboxylic acids is 2. The number of aromatic nitrogens is 1. The van der Waals surface area contributed by atoms with Crippen molar-refractivity contribution in [3.63, 3.8) is 0 Å². The van der Waals surface area contributed by atoms with Gasteiger partial charge in [0.1, 0.15) is 5.78 Å². The fraction of sp³-hybridized carbons (Fsp3) is 0.278. The van der Waals surface area contributed by atoms with E-state index >= 15 is 0 Å². The smallest absolute Gasteiger partial charge is 0.221 e. The van der Waals surface area contributed by atoms with Gasteiger partial charge in [0.2, 0.25) is 5.91 Å². The van der Waals surface area contributed by atoms with Crippen molar-refractivity contribution in [2.45, 2.75) is 37.1 Å². The van der Waals surface area contributed by atoms with Gasteiger partial charge in [-0.2, -0.15) is 0 Å². The van der Waals surface area contributed by atoms with Crippen molar-refractivity contribution < 1.29 is 22.8 Å². The van der Waals surface area contributed by atoms with Gasteiger partial charge in [-0.15, -0.1) is 0 Å². The highest BCUT2D eigenvalue weighted by atomic mass is 32.2. The lowest BCUT2D eigenvalue weighted by Crippen LogP contribution is -2.29. The van der Waals surface area contributed by atoms with Crippen LogP contribution in [-0.4, -0.2) is 21.9 Å². The first kappa shape index (κ1) is 20.0. The summed E-state index contributed by atoms with van der Waals surface area (Å²) in [5, 5.41) is 2.50. The van der Waals surface area contributed by atoms with Crippen LogP contribution < -0.4 is 5.32 Å². The van der Waals surface area contributed by atoms with Gasteiger partial charge in [-0.05, 0) is 43.2 Å². The van der Waals surface area contributed by atoms with E-state index in [1.54, 1.807) is 12.3 Å². The number of hydrogen-bond donors (Lipinski definition) is 1. The van der Waals surface area contributed by atoms with Crippen molar-refractivity contribution in [1.82, 2.24) is 10.3 Å². The van der Waals surface area contributed by atoms with Crippen molar-refractivity contribution in [3.05, 3.63) is 59.0 Å². The summed E-state index contributed by atoms with van der Waals surface area (Å²) in [6, 6.07) is 5.25. The van der Waals surface area contributed by atoms with Crippen molar-refractivity contribution >= 4 is 23.5 Å². The maximum Gasteiger partial charge on any atom is 0.221 e. The zero-order valence-electron chi connectivity index (χ0n) is 14.2. The number of amides is 1. The van der Waals surface area contributed by atoms with Crippen molar-refractivity contribution in [1.29, 1.82) is 0 Å². The summed E-state index contributed by atoms with van der Waals surface area (Å²) in [5.74, 6) is -4.85. The van der Waals surface area contributed by atoms with Crippen LogP contribution in [0.25, 0.3) is 0 Å². The normalized spacial score (nSPS) is 11.9. The number of rotatable bonds is 7. The zero-order valence-corrected chi connectivity index (χ0v) is 15.0. The van der Waals surface area contributed by atoms with Crippen molar-refractivity contribution in [2.24, 2.45) is 0 Å². The summed E-state index contributed by atoms with van der Waals surface area (Å²) in [6.07, 6.45) is 1.49. The average molecular weight is 382 g/mol. The van der Waals surface area contributed by atoms with Crippen molar-refractivity contribution in [3.8, 4) is 0 Å². The summed E-state index contributed by atoms with van der Waals surface area (Å²) >= 11 is 1.19. The van der Waals surface area contributed by atoms with Gasteiger partial charge in [0.15, 0.2) is 17.5 Å². The molecule has 0 bridgehead atoms. The number of halogens is 3. The molecule has 1 atom stereocenters. The molecule has 1 aromatic carbocycles. The number of pyridine rings is 1. The van der Waals surface area contributed by atoms with Crippen LogP contribution in [0.3, 0.4) is 0 Å². The average Bonchev–Trinajstić information content (AvgIpc) is 2.58. The predicted octanol–water partition coefficient (Wildman–Crippen LogP) is 3.56. The molecule has 1 heterocycles. The summed E-state index contributed by atoms with van der Waals surface area (Å²) < 4.78 is 39.3. The van der Waals surface area contributed by atoms with Crippen LogP contribution in [0, 0.1) is 24.4 Å². The summed E-state index contributed by atoms with van der Waals surface area (Å²) in [6.45, 7) is 3.06. The molecule has 2 aromatic rings. The Balaban J connectivity index is 1.98. The van der Waals surface area contributed by atoms with Crippen LogP contribution in [-0.2, 0) is 16.1 Å². The molecule has 4 nitrogen and oxygen atoms in total. The van der Waals surface area contributed by atoms with E-state index in [2.05, 4.69) is 10.3 Å². The Morgan fingerprint density at radius 2 is 1.88 bits per heavy atom. The van der Waals surface area contributed by atoms with Gasteiger partial charge in [-0.25, -0.2) is 18.2 Å². The number of carbonyl (C=O) groups is 2. The Hall–Kier alpha value is -2.35. The largest absolute Gasteiger partial charge is 0.352 e. The van der Waals surface area contributed by atoms with E-state index in [4.69, 9.17) is 0 Å². The SMILES string of the molecule is CC(=O)C(CC(=O)NCc1cc(F)c(F)c(F)c1)Sc1ncccc1C. The second-order valence-corrected chi connectivity index (χ2v) is 6.89. The van der Waals surface area contributed by atoms with E-state index < -0.39 is 28.6 Å². The molecule has 138 valence electrons. The highest BCUT2D eigenvalue weighted by molar-refractivity contribution is 8.00. The Morgan fingerprint density at radius 1 is 1.23 bits per heavy atom. The van der Waals surface area contributed by atoms with Gasteiger partial charge < -0.3 is 5.32 Å². The molecule has 1 N–H and O–H groups in total. The van der Waals surface area contributed by atoms with E-state index in [0.29, 0.717) is 5.03 Å². The number of Topliss-reactive ketones (excluding diaryl/α,β-unsaturated/α-hetero) is 1. The number of hydrogen-bond acceptors (Lipinski definition) is 4. The molecule has 0 aliphatic carbocycles. The summed E-state index contributed by atoms with van der Waals surface area (Å²) in [7, 11) is 0. The lowest BCUT2D eigenvalue weighted by Gasteiger charge is -2.14. The molecule has 0 spiro atoms. The van der Waals surface area contributed by atoms with E-state index in [-0.39, 0.29) is 24.3 Å². The predicted molar refractivity (Wildman–Crippen MR) is 92.1 cm³/mol. The molecule has 26 heavy (non-hydrogen) atoms. The van der Waals surface area contributed by atoms with Crippen molar-refractivity contribution in [2.75, 3.05) is 0 Å². The number of aryl methyl sites for hydroxylation is 1. The van der Waals surface area contributed by atoms with E-state index in [1.165, 1.54) is 18.7 Å². The molecule has 8 heteroatoms. The van der Waals surface area contributed by atoms with Gasteiger partial charge in [-0.3, -0.25) is 9.59 Å². The van der Waals surface area contributed by atoms with Crippen LogP contribution in [0.4, 0.5) is 13.2 Å². The summed E-state index contributed by atoms with van der Waals surface area (Å²) in [5.41, 5.74) is 0.976. The Morgan fingerprint density at radius 3 is 2.46 bits per heavy atom. The molecule has 0 fully saturated rings. The first-order valence-corrected chi connectivity index (χ1v) is 8.64. The molecular weight excluding hydrogens is 365 g/mol. The van der Waals surface area contributed by atoms with E-state index in [9.17, 15) is 22.8 Å². The summed E-state index contributed by atoms with van der Waals surface area (Å²) in [4.78, 5) is 28.1. The minimum absolute atomic E-state index is 0.0855. The number of ketones is 1. The van der Waals surface area contributed by atoms with Crippen LogP contribution in [0.1, 0.15) is 24.5 Å². The Bertz CT molecular complexity index is 807. The third-order valence-electron chi connectivity index (χ3n) is 3.57. The maximum absolute atomic E-state index is 13.2. The molecule has 1 amide bonds. The Labute approximate surface area is 153 Å². The zero-order chi connectivity index (χ0) is 19.3. The third-order valence-corrected chi connectivity index (χ3v) is 5.01. The fourth-order valence-electron chi connectivity index (χ4n) is 2.15. The van der Waals surface area contributed by atoms with Gasteiger partial charge in [0.05, 0.1) is 10.3 Å². The molecule has 0 radical (unpaired) electrons. The number of thioether (sulfide) groups is 1. The van der Waals surface area contributed by atoms with Gasteiger partial charge in [0, 0.05) is 19.2 Å². The number of benzene rings is 1. The molecule has 1 unspecified atom stereocenters. The second kappa shape index (κ2) is 8.84. The number of nitrogens with zero attached hydrogens (tertiary/aromatic N) is 1. The van der Waals surface area contributed by atoms with Crippen LogP contribution in [0.15, 0.2) is 35.5 Å². The minimum atomic E-state index is -1.56. The topological polar surface area (TPSA) is 59.1 Å². The van der Waals surface area contributed by atoms with Gasteiger partial charge in [-0.1, -0.05) is 17.8 Å². The first-order valence-electron chi connectivity index (χ1n) is 7.76. The molecule has 1 aromatic heterocycles. The second-order valence-electron chi connectivity index (χ2n) is 5.70. The standard InChI is InChI=1S/C18H17F3N2O2S/c1-10-4-3-5-22-18(10)26-15(11(2)24)8-16(25)23-9-12-6-13(19)17(21)14(20)7-12/h3-7,15H,8-9H2,1-2H3,(H,23,25). The molecular formula is C18H17F3N2O2S. The fourth-order valence-corrected chi connectivity index (χ4v) is 3.19. The molecule has 0 aliphatic heterocycles. The number of nitrogens with one attached hydrogen (secondary N) is 1. The lowest BCUT2D eigenvalue weighted by molar-refractivity contribution is -0.124. The van der Waals surface area contributed by atoms with Crippen LogP contribution >= 0.6 is 11.8 Å². The monoisotopic (exact) mass is 382 g/mol. The van der Waals surface area contributed by atoms with Crippen LogP contribution in [0.5, 0.6) is 0 Å². The quantitative estimate of drug-likeness (QED) is 0.588. The highest BCUT2D eigenvalue weighted by Crippen LogP contribution is 2.27.